The lowest BCUT2D eigenvalue weighted by Crippen LogP contribution is -2.45. The van der Waals surface area contributed by atoms with Gasteiger partial charge in [0.1, 0.15) is 4.90 Å². The van der Waals surface area contributed by atoms with Crippen LogP contribution in [0.25, 0.3) is 0 Å². The summed E-state index contributed by atoms with van der Waals surface area (Å²) < 4.78 is 26.2. The van der Waals surface area contributed by atoms with Gasteiger partial charge in [-0.05, 0) is 19.9 Å². The second-order valence-corrected chi connectivity index (χ2v) is 6.83. The molecule has 1 aromatic rings. The number of non-ortho nitro benzene ring substituents is 1. The van der Waals surface area contributed by atoms with E-state index in [-0.39, 0.29) is 34.6 Å². The minimum atomic E-state index is -3.85. The largest absolute Gasteiger partial charge is 0.324 e. The summed E-state index contributed by atoms with van der Waals surface area (Å²) in [4.78, 5) is 9.66. The zero-order valence-electron chi connectivity index (χ0n) is 10.8. The van der Waals surface area contributed by atoms with Crippen molar-refractivity contribution in [3.8, 4) is 0 Å². The van der Waals surface area contributed by atoms with Gasteiger partial charge in [0.05, 0.1) is 9.95 Å². The molecule has 0 aromatic heterocycles. The quantitative estimate of drug-likeness (QED) is 0.623. The number of halogens is 2. The summed E-state index contributed by atoms with van der Waals surface area (Å²) in [5.41, 5.74) is 4.68. The highest BCUT2D eigenvalue weighted by Gasteiger charge is 2.22. The average Bonchev–Trinajstić information content (AvgIpc) is 2.25. The number of hydrogen-bond acceptors (Lipinski definition) is 5. The van der Waals surface area contributed by atoms with Crippen LogP contribution in [0, 0.1) is 10.1 Å². The van der Waals surface area contributed by atoms with Crippen molar-refractivity contribution >= 4 is 39.7 Å². The third-order valence-electron chi connectivity index (χ3n) is 2.13. The monoisotopic (exact) mass is 343 g/mol. The zero-order chi connectivity index (χ0) is 14.8. The van der Waals surface area contributed by atoms with E-state index in [2.05, 4.69) is 4.72 Å². The summed E-state index contributed by atoms with van der Waals surface area (Å²) in [6.07, 6.45) is 0. The molecule has 3 N–H and O–H groups in total. The molecule has 7 nitrogen and oxygen atoms in total. The van der Waals surface area contributed by atoms with E-state index < -0.39 is 20.5 Å². The first-order chi connectivity index (χ1) is 8.53. The van der Waals surface area contributed by atoms with Crippen molar-refractivity contribution in [1.29, 1.82) is 0 Å². The Hall–Kier alpha value is -0.930. The van der Waals surface area contributed by atoms with Crippen LogP contribution in [0.3, 0.4) is 0 Å². The summed E-state index contributed by atoms with van der Waals surface area (Å²) in [5.74, 6) is 0. The first-order valence-electron chi connectivity index (χ1n) is 5.25. The van der Waals surface area contributed by atoms with Gasteiger partial charge in [-0.25, -0.2) is 13.1 Å². The van der Waals surface area contributed by atoms with Crippen molar-refractivity contribution in [2.24, 2.45) is 5.73 Å². The van der Waals surface area contributed by atoms with Crippen molar-refractivity contribution < 1.29 is 13.3 Å². The minimum Gasteiger partial charge on any atom is -0.324 e. The van der Waals surface area contributed by atoms with Gasteiger partial charge in [0.25, 0.3) is 5.69 Å². The first-order valence-corrected chi connectivity index (χ1v) is 7.11. The van der Waals surface area contributed by atoms with Gasteiger partial charge < -0.3 is 5.73 Å². The molecule has 0 heterocycles. The number of hydrogen-bond donors (Lipinski definition) is 2. The van der Waals surface area contributed by atoms with Crippen LogP contribution in [0.2, 0.25) is 5.02 Å². The first kappa shape index (κ1) is 19.1. The number of nitrogens with one attached hydrogen (secondary N) is 1. The lowest BCUT2D eigenvalue weighted by atomic mass is 10.1. The van der Waals surface area contributed by atoms with Crippen LogP contribution in [0.4, 0.5) is 5.69 Å². The summed E-state index contributed by atoms with van der Waals surface area (Å²) in [5, 5.41) is 10.3. The number of sulfonamides is 1. The average molecular weight is 344 g/mol. The Bertz CT molecular complexity index is 599. The van der Waals surface area contributed by atoms with Gasteiger partial charge in [-0.15, -0.1) is 12.4 Å². The van der Waals surface area contributed by atoms with Crippen LogP contribution in [0.1, 0.15) is 13.8 Å². The van der Waals surface area contributed by atoms with E-state index in [0.29, 0.717) is 0 Å². The van der Waals surface area contributed by atoms with Gasteiger partial charge in [-0.1, -0.05) is 11.6 Å². The van der Waals surface area contributed by atoms with E-state index in [1.807, 2.05) is 0 Å². The molecule has 0 aliphatic rings. The SMILES string of the molecule is CC(C)(N)CNS(=O)(=O)c1ccc([N+](=O)[O-])cc1Cl.Cl. The molecule has 0 atom stereocenters. The van der Waals surface area contributed by atoms with Gasteiger partial charge in [-0.2, -0.15) is 0 Å². The molecule has 0 saturated carbocycles. The maximum Gasteiger partial charge on any atom is 0.271 e. The highest BCUT2D eigenvalue weighted by Crippen LogP contribution is 2.26. The lowest BCUT2D eigenvalue weighted by Gasteiger charge is -2.19. The number of nitrogens with zero attached hydrogens (tertiary/aromatic N) is 1. The molecule has 0 spiro atoms. The standard InChI is InChI=1S/C10H14ClN3O4S.ClH/c1-10(2,12)6-13-19(17,18)9-4-3-7(14(15)16)5-8(9)11;/h3-5,13H,6,12H2,1-2H3;1H. The molecule has 20 heavy (non-hydrogen) atoms. The topological polar surface area (TPSA) is 115 Å². The summed E-state index contributed by atoms with van der Waals surface area (Å²) in [6.45, 7) is 3.34. The van der Waals surface area contributed by atoms with E-state index in [1.54, 1.807) is 13.8 Å². The smallest absolute Gasteiger partial charge is 0.271 e. The molecule has 10 heteroatoms. The molecule has 0 aliphatic heterocycles. The molecule has 0 unspecified atom stereocenters. The van der Waals surface area contributed by atoms with Gasteiger partial charge in [0, 0.05) is 24.2 Å². The van der Waals surface area contributed by atoms with E-state index in [9.17, 15) is 18.5 Å². The number of nitro benzene ring substituents is 1. The Morgan fingerprint density at radius 3 is 2.40 bits per heavy atom. The molecule has 1 aromatic carbocycles. The molecule has 1 rings (SSSR count). The van der Waals surface area contributed by atoms with Crippen LogP contribution >= 0.6 is 24.0 Å². The van der Waals surface area contributed by atoms with Crippen LogP contribution in [0.5, 0.6) is 0 Å². The maximum atomic E-state index is 12.0. The van der Waals surface area contributed by atoms with E-state index >= 15 is 0 Å². The number of nitro groups is 1. The Morgan fingerprint density at radius 2 is 2.00 bits per heavy atom. The summed E-state index contributed by atoms with van der Waals surface area (Å²) in [7, 11) is -3.85. The second-order valence-electron chi connectivity index (χ2n) is 4.68. The molecule has 114 valence electrons. The van der Waals surface area contributed by atoms with Crippen molar-refractivity contribution in [1.82, 2.24) is 4.72 Å². The third-order valence-corrected chi connectivity index (χ3v) is 4.02. The highest BCUT2D eigenvalue weighted by molar-refractivity contribution is 7.89. The van der Waals surface area contributed by atoms with Crippen LogP contribution in [-0.2, 0) is 10.0 Å². The normalized spacial score (nSPS) is 11.8. The molecule has 0 radical (unpaired) electrons. The minimum absolute atomic E-state index is 0. The molecule has 0 bridgehead atoms. The number of rotatable bonds is 5. The van der Waals surface area contributed by atoms with Crippen LogP contribution < -0.4 is 10.5 Å². The fourth-order valence-corrected chi connectivity index (χ4v) is 2.94. The third kappa shape index (κ3) is 5.22. The molecular weight excluding hydrogens is 329 g/mol. The van der Waals surface area contributed by atoms with Crippen LogP contribution in [-0.4, -0.2) is 25.4 Å². The molecule has 0 saturated heterocycles. The Kier molecular flexibility index (Phi) is 6.37. The van der Waals surface area contributed by atoms with Gasteiger partial charge in [0.2, 0.25) is 10.0 Å². The second kappa shape index (κ2) is 6.68. The van der Waals surface area contributed by atoms with Crippen molar-refractivity contribution in [2.75, 3.05) is 6.54 Å². The summed E-state index contributed by atoms with van der Waals surface area (Å²) in [6, 6.07) is 3.16. The van der Waals surface area contributed by atoms with E-state index in [4.69, 9.17) is 17.3 Å². The van der Waals surface area contributed by atoms with Crippen LogP contribution in [0.15, 0.2) is 23.1 Å². The predicted octanol–water partition coefficient (Wildman–Crippen LogP) is 1.69. The molecule has 0 fully saturated rings. The molecule has 0 aliphatic carbocycles. The molecule has 0 amide bonds. The Morgan fingerprint density at radius 1 is 1.45 bits per heavy atom. The van der Waals surface area contributed by atoms with Crippen molar-refractivity contribution in [3.05, 3.63) is 33.3 Å². The van der Waals surface area contributed by atoms with Crippen molar-refractivity contribution in [2.45, 2.75) is 24.3 Å². The van der Waals surface area contributed by atoms with Gasteiger partial charge in [0.15, 0.2) is 0 Å². The zero-order valence-corrected chi connectivity index (χ0v) is 13.2. The van der Waals surface area contributed by atoms with E-state index in [1.165, 1.54) is 0 Å². The lowest BCUT2D eigenvalue weighted by molar-refractivity contribution is -0.384. The Labute approximate surface area is 128 Å². The fraction of sp³-hybridized carbons (Fsp3) is 0.400. The number of nitrogens with two attached hydrogens (primary N) is 1. The maximum absolute atomic E-state index is 12.0. The molecular formula is C10H15Cl2N3O4S. The fourth-order valence-electron chi connectivity index (χ4n) is 1.18. The predicted molar refractivity (Wildman–Crippen MR) is 78.8 cm³/mol. The van der Waals surface area contributed by atoms with Crippen molar-refractivity contribution in [3.63, 3.8) is 0 Å². The summed E-state index contributed by atoms with van der Waals surface area (Å²) >= 11 is 5.75. The highest BCUT2D eigenvalue weighted by atomic mass is 35.5. The van der Waals surface area contributed by atoms with Gasteiger partial charge >= 0.3 is 0 Å². The number of benzene rings is 1. The van der Waals surface area contributed by atoms with E-state index in [0.717, 1.165) is 18.2 Å². The Balaban J connectivity index is 0.00000361. The van der Waals surface area contributed by atoms with Gasteiger partial charge in [-0.3, -0.25) is 10.1 Å².